The van der Waals surface area contributed by atoms with Crippen molar-refractivity contribution >= 4 is 23.6 Å². The van der Waals surface area contributed by atoms with Gasteiger partial charge in [-0.1, -0.05) is 0 Å². The molecule has 3 aliphatic rings. The molecule has 0 bridgehead atoms. The van der Waals surface area contributed by atoms with Gasteiger partial charge in [0.05, 0.1) is 18.8 Å². The smallest absolute Gasteiger partial charge is 0.243 e. The summed E-state index contributed by atoms with van der Waals surface area (Å²) in [6.07, 6.45) is -26.7. The molecule has 0 spiro atoms. The maximum Gasteiger partial charge on any atom is 0.243 e. The van der Waals surface area contributed by atoms with Gasteiger partial charge in [0, 0.05) is 12.7 Å². The lowest BCUT2D eigenvalue weighted by Gasteiger charge is -2.47. The monoisotopic (exact) mass is 691 g/mol. The van der Waals surface area contributed by atoms with Crippen molar-refractivity contribution in [1.29, 1.82) is 0 Å². The van der Waals surface area contributed by atoms with E-state index in [4.69, 9.17) is 19.9 Å². The van der Waals surface area contributed by atoms with E-state index in [-0.39, 0.29) is 5.75 Å². The molecular weight excluding hydrogens is 646 g/mol. The standard InChI is InChI=1S/C25H45N3O17S/c1-5(30)9(26)21-17(38)16(37)20(41)25(45-21)46-4-7(27-6(2)31)23(42)28-10-12(33)11(32)8(3-29)43-24(10)44-22-18(39)14(35)13(34)15(36)19(22)40/h5,7-22,24-25,29-30,32-41H,3-4,26H2,1-2H3,(H,27,31)(H,28,42)/t5-,7+,8?,9-,10?,11-,12-,13?,14?,15?,16+,17-,18-,19?,20?,21?,22?,24-,25-/m1/s1. The predicted octanol–water partition coefficient (Wildman–Crippen LogP) is -9.13. The summed E-state index contributed by atoms with van der Waals surface area (Å²) in [5, 5.41) is 127. The SMILES string of the molecule is CC(=O)N[C@@H](CS[C@H]1OC([C@H](N)[C@@H](C)O)[C@H](O)[C@H](O)C1O)C(=O)NC1[C@@H](OC2C(O)C(O)C(O)C(O)[C@H]2O)OC(CO)[C@@H](O)[C@@H]1O. The average molecular weight is 692 g/mol. The molecule has 2 aliphatic heterocycles. The zero-order chi connectivity index (χ0) is 34.8. The zero-order valence-electron chi connectivity index (χ0n) is 24.8. The van der Waals surface area contributed by atoms with Gasteiger partial charge in [-0.3, -0.25) is 9.59 Å². The number of aliphatic hydroxyl groups is 12. The Bertz CT molecular complexity index is 1000. The molecule has 19 atom stereocenters. The maximum absolute atomic E-state index is 13.4. The lowest BCUT2D eigenvalue weighted by Crippen LogP contribution is -2.70. The van der Waals surface area contributed by atoms with E-state index in [2.05, 4.69) is 10.6 Å². The molecule has 0 aromatic heterocycles. The molecule has 2 amide bonds. The summed E-state index contributed by atoms with van der Waals surface area (Å²) in [6.45, 7) is 1.53. The predicted molar refractivity (Wildman–Crippen MR) is 151 cm³/mol. The molecule has 16 N–H and O–H groups in total. The molecule has 9 unspecified atom stereocenters. The van der Waals surface area contributed by atoms with Crippen LogP contribution in [0.4, 0.5) is 0 Å². The quantitative estimate of drug-likeness (QED) is 0.0956. The number of ether oxygens (including phenoxy) is 3. The van der Waals surface area contributed by atoms with Gasteiger partial charge in [-0.2, -0.15) is 0 Å². The highest BCUT2D eigenvalue weighted by Crippen LogP contribution is 2.32. The lowest BCUT2D eigenvalue weighted by molar-refractivity contribution is -0.319. The van der Waals surface area contributed by atoms with E-state index in [1.165, 1.54) is 6.92 Å². The van der Waals surface area contributed by atoms with E-state index in [0.717, 1.165) is 6.92 Å². The number of hydrogen-bond acceptors (Lipinski definition) is 19. The summed E-state index contributed by atoms with van der Waals surface area (Å²) in [6, 6.07) is -4.40. The molecule has 0 aromatic carbocycles. The van der Waals surface area contributed by atoms with Gasteiger partial charge in [0.2, 0.25) is 11.8 Å². The number of hydrogen-bond donors (Lipinski definition) is 15. The van der Waals surface area contributed by atoms with Gasteiger partial charge in [0.1, 0.15) is 96.9 Å². The van der Waals surface area contributed by atoms with Gasteiger partial charge >= 0.3 is 0 Å². The summed E-state index contributed by atoms with van der Waals surface area (Å²) >= 11 is 0.712. The van der Waals surface area contributed by atoms with Crippen LogP contribution in [0.5, 0.6) is 0 Å². The number of nitrogens with one attached hydrogen (secondary N) is 2. The Labute approximate surface area is 266 Å². The highest BCUT2D eigenvalue weighted by atomic mass is 32.2. The Kier molecular flexibility index (Phi) is 13.9. The summed E-state index contributed by atoms with van der Waals surface area (Å²) in [5.74, 6) is -2.12. The number of aliphatic hydroxyl groups excluding tert-OH is 12. The van der Waals surface area contributed by atoms with E-state index in [1.807, 2.05) is 0 Å². The largest absolute Gasteiger partial charge is 0.394 e. The third-order valence-electron chi connectivity index (χ3n) is 8.22. The molecular formula is C25H45N3O17S. The highest BCUT2D eigenvalue weighted by molar-refractivity contribution is 7.99. The van der Waals surface area contributed by atoms with Gasteiger partial charge in [-0.15, -0.1) is 11.8 Å². The van der Waals surface area contributed by atoms with Gasteiger partial charge in [0.25, 0.3) is 0 Å². The molecule has 1 saturated carbocycles. The van der Waals surface area contributed by atoms with Crippen molar-refractivity contribution in [2.24, 2.45) is 5.73 Å². The van der Waals surface area contributed by atoms with Crippen LogP contribution in [0.3, 0.4) is 0 Å². The van der Waals surface area contributed by atoms with Crippen molar-refractivity contribution in [2.45, 2.75) is 129 Å². The van der Waals surface area contributed by atoms with Crippen molar-refractivity contribution in [3.05, 3.63) is 0 Å². The average Bonchev–Trinajstić information content (AvgIpc) is 3.01. The zero-order valence-corrected chi connectivity index (χ0v) is 25.6. The molecule has 2 heterocycles. The van der Waals surface area contributed by atoms with Crippen LogP contribution in [0.1, 0.15) is 13.8 Å². The van der Waals surface area contributed by atoms with E-state index < -0.39 is 134 Å². The lowest BCUT2D eigenvalue weighted by atomic mass is 9.84. The fourth-order valence-electron chi connectivity index (χ4n) is 5.35. The van der Waals surface area contributed by atoms with Gasteiger partial charge in [0.15, 0.2) is 6.29 Å². The molecule has 268 valence electrons. The van der Waals surface area contributed by atoms with Gasteiger partial charge < -0.3 is 91.9 Å². The second kappa shape index (κ2) is 16.4. The van der Waals surface area contributed by atoms with Crippen LogP contribution in [0, 0.1) is 0 Å². The first kappa shape index (κ1) is 39.1. The minimum absolute atomic E-state index is 0.375. The molecule has 1 aliphatic carbocycles. The van der Waals surface area contributed by atoms with Crippen molar-refractivity contribution in [1.82, 2.24) is 10.6 Å². The van der Waals surface area contributed by atoms with E-state index in [0.29, 0.717) is 11.8 Å². The van der Waals surface area contributed by atoms with Crippen LogP contribution in [0.2, 0.25) is 0 Å². The topological polar surface area (TPSA) is 355 Å². The van der Waals surface area contributed by atoms with Crippen LogP contribution in [-0.4, -0.2) is 201 Å². The number of thioether (sulfide) groups is 1. The molecule has 21 heteroatoms. The summed E-state index contributed by atoms with van der Waals surface area (Å²) in [4.78, 5) is 25.4. The Hall–Kier alpha value is -1.35. The van der Waals surface area contributed by atoms with Crippen LogP contribution in [0.25, 0.3) is 0 Å². The first-order valence-electron chi connectivity index (χ1n) is 14.4. The minimum Gasteiger partial charge on any atom is -0.394 e. The van der Waals surface area contributed by atoms with Crippen molar-refractivity contribution in [3.63, 3.8) is 0 Å². The Balaban J connectivity index is 1.80. The fraction of sp³-hybridized carbons (Fsp3) is 0.920. The molecule has 0 aromatic rings. The van der Waals surface area contributed by atoms with Gasteiger partial charge in [-0.05, 0) is 6.92 Å². The number of carbonyl (C=O) groups is 2. The van der Waals surface area contributed by atoms with Crippen LogP contribution < -0.4 is 16.4 Å². The van der Waals surface area contributed by atoms with E-state index in [9.17, 15) is 70.9 Å². The van der Waals surface area contributed by atoms with Gasteiger partial charge in [-0.25, -0.2) is 0 Å². The summed E-state index contributed by atoms with van der Waals surface area (Å²) in [7, 11) is 0. The van der Waals surface area contributed by atoms with Crippen molar-refractivity contribution in [3.8, 4) is 0 Å². The first-order chi connectivity index (χ1) is 21.4. The van der Waals surface area contributed by atoms with Crippen LogP contribution in [-0.2, 0) is 23.8 Å². The first-order valence-corrected chi connectivity index (χ1v) is 15.5. The summed E-state index contributed by atoms with van der Waals surface area (Å²) in [5.41, 5.74) is 4.55. The minimum atomic E-state index is -2.02. The van der Waals surface area contributed by atoms with Crippen LogP contribution in [0.15, 0.2) is 0 Å². The number of carbonyl (C=O) groups excluding carboxylic acids is 2. The van der Waals surface area contributed by atoms with E-state index in [1.54, 1.807) is 0 Å². The maximum atomic E-state index is 13.4. The number of rotatable bonds is 11. The highest BCUT2D eigenvalue weighted by Gasteiger charge is 2.53. The molecule has 0 radical (unpaired) electrons. The number of amides is 2. The second-order valence-corrected chi connectivity index (χ2v) is 12.8. The van der Waals surface area contributed by atoms with E-state index >= 15 is 0 Å². The molecule has 20 nitrogen and oxygen atoms in total. The number of nitrogens with two attached hydrogens (primary N) is 1. The third-order valence-corrected chi connectivity index (χ3v) is 9.46. The fourth-order valence-corrected chi connectivity index (χ4v) is 6.53. The normalized spacial score (nSPS) is 45.4. The third kappa shape index (κ3) is 8.44. The Morgan fingerprint density at radius 2 is 1.37 bits per heavy atom. The Morgan fingerprint density at radius 1 is 0.826 bits per heavy atom. The summed E-state index contributed by atoms with van der Waals surface area (Å²) < 4.78 is 16.6. The molecule has 3 fully saturated rings. The Morgan fingerprint density at radius 3 is 1.89 bits per heavy atom. The molecule has 3 rings (SSSR count). The van der Waals surface area contributed by atoms with Crippen LogP contribution >= 0.6 is 11.8 Å². The van der Waals surface area contributed by atoms with Crippen molar-refractivity contribution in [2.75, 3.05) is 12.4 Å². The molecule has 46 heavy (non-hydrogen) atoms. The molecule has 2 saturated heterocycles. The second-order valence-electron chi connectivity index (χ2n) is 11.6. The van der Waals surface area contributed by atoms with Crippen molar-refractivity contribution < 1.29 is 85.1 Å².